The monoisotopic (exact) mass is 615 g/mol. The van der Waals surface area contributed by atoms with Gasteiger partial charge in [-0.15, -0.1) is 0 Å². The molecule has 2 aromatic heterocycles. The first-order valence-electron chi connectivity index (χ1n) is 16.3. The number of para-hydroxylation sites is 2. The lowest BCUT2D eigenvalue weighted by atomic mass is 9.94. The summed E-state index contributed by atoms with van der Waals surface area (Å²) in [5.74, 6) is 0.835. The number of benzene rings is 6. The Morgan fingerprint density at radius 2 is 1.31 bits per heavy atom. The van der Waals surface area contributed by atoms with Crippen molar-refractivity contribution in [3.63, 3.8) is 0 Å². The van der Waals surface area contributed by atoms with Gasteiger partial charge in [-0.1, -0.05) is 127 Å². The van der Waals surface area contributed by atoms with Gasteiger partial charge in [0.2, 0.25) is 0 Å². The van der Waals surface area contributed by atoms with Crippen molar-refractivity contribution in [2.75, 3.05) is 0 Å². The zero-order valence-corrected chi connectivity index (χ0v) is 26.0. The summed E-state index contributed by atoms with van der Waals surface area (Å²) in [5.41, 5.74) is 11.7. The van der Waals surface area contributed by atoms with Crippen molar-refractivity contribution >= 4 is 55.3 Å². The van der Waals surface area contributed by atoms with Crippen molar-refractivity contribution in [3.05, 3.63) is 181 Å². The molecular formula is C44H29N3O. The van der Waals surface area contributed by atoms with Crippen LogP contribution in [0.5, 0.6) is 0 Å². The summed E-state index contributed by atoms with van der Waals surface area (Å²) in [6.07, 6.45) is 8.51. The lowest BCUT2D eigenvalue weighted by Gasteiger charge is -2.28. The molecule has 1 aliphatic heterocycles. The first kappa shape index (κ1) is 26.8. The maximum atomic E-state index is 6.81. The van der Waals surface area contributed by atoms with Crippen LogP contribution in [0.1, 0.15) is 11.1 Å². The van der Waals surface area contributed by atoms with Crippen LogP contribution < -0.4 is 5.32 Å². The molecule has 2 aliphatic rings. The fourth-order valence-electron chi connectivity index (χ4n) is 7.37. The Labute approximate surface area is 277 Å². The molecule has 0 fully saturated rings. The van der Waals surface area contributed by atoms with Crippen molar-refractivity contribution in [1.29, 1.82) is 0 Å². The van der Waals surface area contributed by atoms with Crippen molar-refractivity contribution in [2.24, 2.45) is 4.99 Å². The van der Waals surface area contributed by atoms with E-state index in [1.54, 1.807) is 0 Å². The van der Waals surface area contributed by atoms with Crippen LogP contribution in [-0.2, 0) is 0 Å². The molecule has 48 heavy (non-hydrogen) atoms. The molecule has 3 heterocycles. The van der Waals surface area contributed by atoms with Crippen LogP contribution in [0.25, 0.3) is 66.3 Å². The molecule has 1 N–H and O–H groups in total. The lowest BCUT2D eigenvalue weighted by Crippen LogP contribution is -2.39. The van der Waals surface area contributed by atoms with Gasteiger partial charge in [0.15, 0.2) is 5.58 Å². The molecule has 4 heteroatoms. The molecule has 1 aliphatic carbocycles. The largest absolute Gasteiger partial charge is 0.454 e. The average Bonchev–Trinajstić information content (AvgIpc) is 3.70. The number of hydrogen-bond acceptors (Lipinski definition) is 3. The Bertz CT molecular complexity index is 2690. The maximum absolute atomic E-state index is 6.81. The van der Waals surface area contributed by atoms with Crippen LogP contribution in [0.3, 0.4) is 0 Å². The topological polar surface area (TPSA) is 42.5 Å². The van der Waals surface area contributed by atoms with Crippen LogP contribution in [0.4, 0.5) is 0 Å². The second-order valence-corrected chi connectivity index (χ2v) is 12.4. The summed E-state index contributed by atoms with van der Waals surface area (Å²) in [6.45, 7) is 0. The zero-order valence-electron chi connectivity index (χ0n) is 26.0. The third-order valence-corrected chi connectivity index (χ3v) is 9.63. The van der Waals surface area contributed by atoms with Gasteiger partial charge in [0.25, 0.3) is 0 Å². The zero-order chi connectivity index (χ0) is 31.6. The van der Waals surface area contributed by atoms with E-state index in [4.69, 9.17) is 9.41 Å². The first-order chi connectivity index (χ1) is 23.8. The van der Waals surface area contributed by atoms with Gasteiger partial charge in [0.1, 0.15) is 11.4 Å². The smallest absolute Gasteiger partial charge is 0.159 e. The third kappa shape index (κ3) is 4.13. The fourth-order valence-corrected chi connectivity index (χ4v) is 7.37. The summed E-state index contributed by atoms with van der Waals surface area (Å²) in [4.78, 5) is 5.18. The van der Waals surface area contributed by atoms with Crippen LogP contribution in [0, 0.1) is 0 Å². The van der Waals surface area contributed by atoms with E-state index in [2.05, 4.69) is 168 Å². The van der Waals surface area contributed by atoms with Gasteiger partial charge in [-0.05, 0) is 47.5 Å². The molecule has 1 atom stereocenters. The Morgan fingerprint density at radius 3 is 2.19 bits per heavy atom. The lowest BCUT2D eigenvalue weighted by molar-refractivity contribution is 0.666. The first-order valence-corrected chi connectivity index (χ1v) is 16.3. The highest BCUT2D eigenvalue weighted by Gasteiger charge is 2.25. The predicted molar refractivity (Wildman–Crippen MR) is 199 cm³/mol. The van der Waals surface area contributed by atoms with E-state index >= 15 is 0 Å². The van der Waals surface area contributed by atoms with Crippen LogP contribution in [0.2, 0.25) is 0 Å². The number of aliphatic imine (C=N–C) groups is 1. The van der Waals surface area contributed by atoms with E-state index in [-0.39, 0.29) is 6.04 Å². The molecule has 0 radical (unpaired) electrons. The van der Waals surface area contributed by atoms with Crippen molar-refractivity contribution in [1.82, 2.24) is 9.88 Å². The number of fused-ring (bicyclic) bond motifs is 7. The number of aromatic nitrogens is 1. The molecule has 4 nitrogen and oxygen atoms in total. The van der Waals surface area contributed by atoms with Gasteiger partial charge in [0.05, 0.1) is 28.5 Å². The minimum atomic E-state index is 0.0494. The van der Waals surface area contributed by atoms with Gasteiger partial charge >= 0.3 is 0 Å². The van der Waals surface area contributed by atoms with E-state index in [0.29, 0.717) is 0 Å². The molecule has 10 rings (SSSR count). The Balaban J connectivity index is 1.14. The number of nitrogens with one attached hydrogen (secondary N) is 1. The Morgan fingerprint density at radius 1 is 0.562 bits per heavy atom. The molecule has 0 saturated heterocycles. The van der Waals surface area contributed by atoms with E-state index in [1.807, 2.05) is 6.07 Å². The fraction of sp³-hybridized carbons (Fsp3) is 0.0227. The Hall–Kier alpha value is -6.39. The van der Waals surface area contributed by atoms with Gasteiger partial charge in [0, 0.05) is 38.2 Å². The van der Waals surface area contributed by atoms with Crippen LogP contribution in [0.15, 0.2) is 179 Å². The number of rotatable bonds is 4. The van der Waals surface area contributed by atoms with Crippen molar-refractivity contribution in [3.8, 4) is 16.8 Å². The number of nitrogens with zero attached hydrogens (tertiary/aromatic N) is 2. The molecular weight excluding hydrogens is 587 g/mol. The van der Waals surface area contributed by atoms with Crippen molar-refractivity contribution < 1.29 is 4.42 Å². The second kappa shape index (κ2) is 10.6. The standard InChI is InChI=1S/C44H29N3O/c1-3-12-28(13-4-1)30-23-25-39-36(26-30)32-16-8-10-20-38(32)47(39)40-21-11-18-34-33-24-22-31(27-41(33)48-43(34)40)44-45-37-19-9-7-17-35(37)42(46-44)29-14-5-2-6-15-29/h1-27,37H,(H,45,46). The SMILES string of the molecule is C1=CC2=C(c3ccccc3)N=C(c3ccc4c(c3)oc3c(-n5c6ccccc6c6cc(-c7ccccc7)ccc65)cccc34)NC2C=C1. The molecule has 226 valence electrons. The van der Waals surface area contributed by atoms with Crippen molar-refractivity contribution in [2.45, 2.75) is 6.04 Å². The molecule has 0 saturated carbocycles. The van der Waals surface area contributed by atoms with E-state index in [9.17, 15) is 0 Å². The predicted octanol–water partition coefficient (Wildman–Crippen LogP) is 10.6. The molecule has 0 bridgehead atoms. The van der Waals surface area contributed by atoms with Gasteiger partial charge < -0.3 is 14.3 Å². The summed E-state index contributed by atoms with van der Waals surface area (Å²) in [7, 11) is 0. The molecule has 0 spiro atoms. The van der Waals surface area contributed by atoms with E-state index in [0.717, 1.165) is 61.3 Å². The number of hydrogen-bond donors (Lipinski definition) is 1. The number of amidine groups is 1. The Kier molecular flexibility index (Phi) is 5.90. The normalized spacial score (nSPS) is 15.8. The number of allylic oxidation sites excluding steroid dienone is 2. The quantitative estimate of drug-likeness (QED) is 0.214. The van der Waals surface area contributed by atoms with E-state index < -0.39 is 0 Å². The summed E-state index contributed by atoms with van der Waals surface area (Å²) < 4.78 is 9.15. The van der Waals surface area contributed by atoms with Gasteiger partial charge in [-0.25, -0.2) is 4.99 Å². The average molecular weight is 616 g/mol. The molecule has 8 aromatic rings. The van der Waals surface area contributed by atoms with Gasteiger partial charge in [-0.2, -0.15) is 0 Å². The highest BCUT2D eigenvalue weighted by atomic mass is 16.3. The summed E-state index contributed by atoms with van der Waals surface area (Å²) in [5, 5.41) is 8.28. The maximum Gasteiger partial charge on any atom is 0.159 e. The second-order valence-electron chi connectivity index (χ2n) is 12.4. The summed E-state index contributed by atoms with van der Waals surface area (Å²) in [6, 6.07) is 49.4. The van der Waals surface area contributed by atoms with Crippen LogP contribution >= 0.6 is 0 Å². The van der Waals surface area contributed by atoms with E-state index in [1.165, 1.54) is 27.5 Å². The highest BCUT2D eigenvalue weighted by Crippen LogP contribution is 2.39. The molecule has 6 aromatic carbocycles. The van der Waals surface area contributed by atoms with Crippen LogP contribution in [-0.4, -0.2) is 16.4 Å². The minimum Gasteiger partial charge on any atom is -0.454 e. The highest BCUT2D eigenvalue weighted by molar-refractivity contribution is 6.14. The molecule has 1 unspecified atom stereocenters. The summed E-state index contributed by atoms with van der Waals surface area (Å²) >= 11 is 0. The minimum absolute atomic E-state index is 0.0494. The molecule has 0 amide bonds. The van der Waals surface area contributed by atoms with Gasteiger partial charge in [-0.3, -0.25) is 0 Å². The third-order valence-electron chi connectivity index (χ3n) is 9.63. The number of furan rings is 1.